The second-order valence-corrected chi connectivity index (χ2v) is 6.37. The fourth-order valence-electron chi connectivity index (χ4n) is 2.25. The molecule has 1 nitrogen and oxygen atoms in total. The fourth-order valence-corrected chi connectivity index (χ4v) is 3.39. The minimum absolute atomic E-state index is 0.0962. The first-order chi connectivity index (χ1) is 10.7. The molecule has 1 aromatic carbocycles. The van der Waals surface area contributed by atoms with Crippen LogP contribution >= 0.6 is 23.6 Å². The number of thiocarbonyl (C=S) groups is 1. The Kier molecular flexibility index (Phi) is 4.44. The first-order valence-corrected chi connectivity index (χ1v) is 8.08. The van der Waals surface area contributed by atoms with Gasteiger partial charge in [0.05, 0.1) is 21.3 Å². The summed E-state index contributed by atoms with van der Waals surface area (Å²) in [5.74, 6) is 4.57. The normalized spacial score (nSPS) is 13.7. The molecule has 1 heterocycles. The molecule has 0 N–H and O–H groups in total. The lowest BCUT2D eigenvalue weighted by molar-refractivity contribution is 0.426. The average molecular weight is 331 g/mol. The van der Waals surface area contributed by atoms with Gasteiger partial charge in [-0.15, -0.1) is 11.3 Å². The highest BCUT2D eigenvalue weighted by Gasteiger charge is 2.20. The van der Waals surface area contributed by atoms with Crippen LogP contribution in [0.4, 0.5) is 14.5 Å². The number of benzene rings is 1. The molecule has 0 bridgehead atoms. The Morgan fingerprint density at radius 1 is 1.14 bits per heavy atom. The van der Waals surface area contributed by atoms with E-state index in [0.717, 1.165) is 17.0 Å². The maximum atomic E-state index is 13.9. The van der Waals surface area contributed by atoms with Gasteiger partial charge in [0.15, 0.2) is 0 Å². The molecular formula is C17H11F2NS2. The van der Waals surface area contributed by atoms with Gasteiger partial charge < -0.3 is 0 Å². The molecule has 5 heteroatoms. The molecule has 1 saturated carbocycles. The maximum Gasteiger partial charge on any atom is 0.143 e. The Labute approximate surface area is 136 Å². The molecule has 2 aromatic rings. The molecule has 1 aliphatic carbocycles. The summed E-state index contributed by atoms with van der Waals surface area (Å²) < 4.78 is 27.7. The van der Waals surface area contributed by atoms with E-state index in [0.29, 0.717) is 5.92 Å². The van der Waals surface area contributed by atoms with Gasteiger partial charge in [-0.25, -0.2) is 8.78 Å². The van der Waals surface area contributed by atoms with Crippen molar-refractivity contribution in [1.29, 1.82) is 0 Å². The largest absolute Gasteiger partial charge is 0.205 e. The minimum atomic E-state index is -0.743. The van der Waals surface area contributed by atoms with Gasteiger partial charge in [0, 0.05) is 17.0 Å². The van der Waals surface area contributed by atoms with E-state index in [2.05, 4.69) is 40.3 Å². The number of hydrogen-bond donors (Lipinski definition) is 0. The first-order valence-electron chi connectivity index (χ1n) is 6.86. The lowest BCUT2D eigenvalue weighted by Crippen LogP contribution is -2.06. The lowest BCUT2D eigenvalue weighted by Gasteiger charge is -2.23. The Bertz CT molecular complexity index is 796. The third-order valence-corrected chi connectivity index (χ3v) is 4.90. The molecule has 0 amide bonds. The van der Waals surface area contributed by atoms with E-state index >= 15 is 0 Å². The van der Waals surface area contributed by atoms with Gasteiger partial charge in [-0.05, 0) is 43.1 Å². The molecule has 3 rings (SSSR count). The predicted molar refractivity (Wildman–Crippen MR) is 87.9 cm³/mol. The molecule has 0 atom stereocenters. The molecule has 0 unspecified atom stereocenters. The summed E-state index contributed by atoms with van der Waals surface area (Å²) in [7, 11) is 0. The summed E-state index contributed by atoms with van der Waals surface area (Å²) in [6.45, 7) is 0. The maximum absolute atomic E-state index is 13.9. The zero-order valence-corrected chi connectivity index (χ0v) is 13.2. The smallest absolute Gasteiger partial charge is 0.143 e. The number of isothiocyanates is 1. The van der Waals surface area contributed by atoms with Crippen LogP contribution in [0.1, 0.15) is 40.5 Å². The average Bonchev–Trinajstić information content (AvgIpc) is 2.84. The van der Waals surface area contributed by atoms with Crippen molar-refractivity contribution in [3.8, 4) is 11.8 Å². The molecule has 22 heavy (non-hydrogen) atoms. The monoisotopic (exact) mass is 331 g/mol. The second-order valence-electron chi connectivity index (χ2n) is 5.07. The van der Waals surface area contributed by atoms with Gasteiger partial charge in [0.25, 0.3) is 0 Å². The zero-order valence-electron chi connectivity index (χ0n) is 11.5. The van der Waals surface area contributed by atoms with Crippen molar-refractivity contribution in [2.24, 2.45) is 4.99 Å². The standard InChI is InChI=1S/C17H11F2NS2/c18-15-8-12(20-10-21)9-16(19)14(15)6-4-13-5-7-17(22-13)11-2-1-3-11/h5,7-9,11H,1-3H2. The van der Waals surface area contributed by atoms with Crippen LogP contribution in [-0.2, 0) is 0 Å². The van der Waals surface area contributed by atoms with Crippen molar-refractivity contribution in [3.05, 3.63) is 51.2 Å². The van der Waals surface area contributed by atoms with Gasteiger partial charge in [0.2, 0.25) is 0 Å². The fraction of sp³-hybridized carbons (Fsp3) is 0.235. The van der Waals surface area contributed by atoms with E-state index in [1.165, 1.54) is 24.1 Å². The minimum Gasteiger partial charge on any atom is -0.205 e. The van der Waals surface area contributed by atoms with Crippen LogP contribution in [0.5, 0.6) is 0 Å². The van der Waals surface area contributed by atoms with Crippen molar-refractivity contribution >= 4 is 34.4 Å². The Balaban J connectivity index is 1.87. The second kappa shape index (κ2) is 6.50. The summed E-state index contributed by atoms with van der Waals surface area (Å²) in [6, 6.07) is 6.16. The van der Waals surface area contributed by atoms with Gasteiger partial charge in [-0.1, -0.05) is 18.3 Å². The molecule has 0 radical (unpaired) electrons. The van der Waals surface area contributed by atoms with Crippen molar-refractivity contribution in [2.45, 2.75) is 25.2 Å². The number of thiophene rings is 1. The summed E-state index contributed by atoms with van der Waals surface area (Å²) in [5, 5.41) is 2.08. The molecule has 1 fully saturated rings. The van der Waals surface area contributed by atoms with Crippen LogP contribution in [0.3, 0.4) is 0 Å². The molecule has 0 aliphatic heterocycles. The van der Waals surface area contributed by atoms with E-state index in [1.807, 2.05) is 6.07 Å². The molecule has 1 aliphatic rings. The van der Waals surface area contributed by atoms with Crippen molar-refractivity contribution < 1.29 is 8.78 Å². The van der Waals surface area contributed by atoms with Crippen LogP contribution in [-0.4, -0.2) is 5.16 Å². The number of nitrogens with zero attached hydrogens (tertiary/aromatic N) is 1. The van der Waals surface area contributed by atoms with Gasteiger partial charge in [0.1, 0.15) is 11.6 Å². The molecule has 110 valence electrons. The van der Waals surface area contributed by atoms with Gasteiger partial charge in [-0.3, -0.25) is 0 Å². The Morgan fingerprint density at radius 3 is 2.45 bits per heavy atom. The molecular weight excluding hydrogens is 320 g/mol. The van der Waals surface area contributed by atoms with E-state index in [4.69, 9.17) is 0 Å². The SMILES string of the molecule is Fc1cc(N=C=S)cc(F)c1C#Cc1ccc(C2CCC2)s1. The van der Waals surface area contributed by atoms with E-state index in [9.17, 15) is 8.78 Å². The highest BCUT2D eigenvalue weighted by atomic mass is 32.1. The first kappa shape index (κ1) is 15.1. The summed E-state index contributed by atoms with van der Waals surface area (Å²) in [5.41, 5.74) is -0.152. The van der Waals surface area contributed by atoms with Crippen LogP contribution in [0.15, 0.2) is 29.3 Å². The molecule has 1 aromatic heterocycles. The Morgan fingerprint density at radius 2 is 1.86 bits per heavy atom. The van der Waals surface area contributed by atoms with Gasteiger partial charge in [-0.2, -0.15) is 4.99 Å². The quantitative estimate of drug-likeness (QED) is 0.406. The van der Waals surface area contributed by atoms with Crippen molar-refractivity contribution in [2.75, 3.05) is 0 Å². The number of hydrogen-bond acceptors (Lipinski definition) is 3. The van der Waals surface area contributed by atoms with Crippen molar-refractivity contribution in [1.82, 2.24) is 0 Å². The van der Waals surface area contributed by atoms with Crippen LogP contribution in [0.25, 0.3) is 0 Å². The highest BCUT2D eigenvalue weighted by Crippen LogP contribution is 2.39. The molecule has 0 saturated heterocycles. The van der Waals surface area contributed by atoms with E-state index in [1.54, 1.807) is 11.3 Å². The Hall–Kier alpha value is -1.86. The highest BCUT2D eigenvalue weighted by molar-refractivity contribution is 7.78. The zero-order chi connectivity index (χ0) is 15.5. The van der Waals surface area contributed by atoms with Crippen LogP contribution in [0, 0.1) is 23.5 Å². The third-order valence-electron chi connectivity index (χ3n) is 3.65. The van der Waals surface area contributed by atoms with E-state index in [-0.39, 0.29) is 11.3 Å². The number of halogens is 2. The number of rotatable bonds is 2. The molecule has 0 spiro atoms. The van der Waals surface area contributed by atoms with Crippen LogP contribution < -0.4 is 0 Å². The topological polar surface area (TPSA) is 12.4 Å². The third kappa shape index (κ3) is 3.15. The summed E-state index contributed by atoms with van der Waals surface area (Å²) >= 11 is 6.02. The van der Waals surface area contributed by atoms with Crippen LogP contribution in [0.2, 0.25) is 0 Å². The summed E-state index contributed by atoms with van der Waals surface area (Å²) in [4.78, 5) is 5.69. The lowest BCUT2D eigenvalue weighted by atomic mass is 9.84. The van der Waals surface area contributed by atoms with E-state index < -0.39 is 11.6 Å². The van der Waals surface area contributed by atoms with Crippen molar-refractivity contribution in [3.63, 3.8) is 0 Å². The number of aliphatic imine (C=N–C) groups is 1. The predicted octanol–water partition coefficient (Wildman–Crippen LogP) is 5.43. The van der Waals surface area contributed by atoms with Gasteiger partial charge >= 0.3 is 0 Å². The summed E-state index contributed by atoms with van der Waals surface area (Å²) in [6.07, 6.45) is 3.72.